The summed E-state index contributed by atoms with van der Waals surface area (Å²) in [6.07, 6.45) is 3.98. The molecule has 1 aromatic carbocycles. The highest BCUT2D eigenvalue weighted by atomic mass is 16.5. The average molecular weight is 282 g/mol. The molecule has 1 unspecified atom stereocenters. The van der Waals surface area contributed by atoms with Crippen LogP contribution < -0.4 is 10.1 Å². The molecule has 3 rings (SSSR count). The molecule has 0 saturated heterocycles. The molecule has 0 fully saturated rings. The number of benzene rings is 1. The zero-order valence-electron chi connectivity index (χ0n) is 12.7. The molecule has 1 aliphatic rings. The lowest BCUT2D eigenvalue weighted by Gasteiger charge is -2.21. The van der Waals surface area contributed by atoms with Crippen molar-refractivity contribution in [1.29, 1.82) is 0 Å². The molecule has 1 aliphatic heterocycles. The number of ether oxygens (including phenoxy) is 1. The van der Waals surface area contributed by atoms with Crippen LogP contribution in [0.3, 0.4) is 0 Å². The van der Waals surface area contributed by atoms with E-state index in [1.807, 2.05) is 12.3 Å². The predicted molar refractivity (Wildman–Crippen MR) is 84.8 cm³/mol. The highest BCUT2D eigenvalue weighted by molar-refractivity contribution is 5.43. The Kier molecular flexibility index (Phi) is 4.20. The Morgan fingerprint density at radius 3 is 3.05 bits per heavy atom. The van der Waals surface area contributed by atoms with Crippen LogP contribution in [-0.2, 0) is 6.42 Å². The Hall–Kier alpha value is -1.87. The Morgan fingerprint density at radius 2 is 2.24 bits per heavy atom. The van der Waals surface area contributed by atoms with E-state index < -0.39 is 0 Å². The summed E-state index contributed by atoms with van der Waals surface area (Å²) in [7, 11) is 0. The first kappa shape index (κ1) is 14.1. The molecule has 0 radical (unpaired) electrons. The number of aromatic nitrogens is 1. The van der Waals surface area contributed by atoms with Crippen molar-refractivity contribution >= 4 is 0 Å². The molecule has 3 heteroatoms. The molecule has 0 spiro atoms. The summed E-state index contributed by atoms with van der Waals surface area (Å²) < 4.78 is 5.61. The van der Waals surface area contributed by atoms with Gasteiger partial charge in [-0.15, -0.1) is 0 Å². The van der Waals surface area contributed by atoms with Crippen LogP contribution in [0.15, 0.2) is 36.5 Å². The fraction of sp³-hybridized carbons (Fsp3) is 0.389. The number of aryl methyl sites for hydroxylation is 1. The second kappa shape index (κ2) is 6.27. The third kappa shape index (κ3) is 2.93. The monoisotopic (exact) mass is 282 g/mol. The number of nitrogens with zero attached hydrogens (tertiary/aromatic N) is 1. The number of hydrogen-bond donors (Lipinski definition) is 1. The van der Waals surface area contributed by atoms with Crippen LogP contribution in [0.25, 0.3) is 0 Å². The first-order chi connectivity index (χ1) is 10.3. The Labute approximate surface area is 126 Å². The van der Waals surface area contributed by atoms with Gasteiger partial charge in [0.1, 0.15) is 5.75 Å². The Morgan fingerprint density at radius 1 is 1.33 bits per heavy atom. The summed E-state index contributed by atoms with van der Waals surface area (Å²) in [5.74, 6) is 1.04. The van der Waals surface area contributed by atoms with Crippen LogP contribution in [-0.4, -0.2) is 18.1 Å². The van der Waals surface area contributed by atoms with Crippen LogP contribution in [0.2, 0.25) is 0 Å². The lowest BCUT2D eigenvalue weighted by molar-refractivity contribution is 0.357. The van der Waals surface area contributed by atoms with Gasteiger partial charge < -0.3 is 10.1 Å². The number of hydrogen-bond acceptors (Lipinski definition) is 3. The van der Waals surface area contributed by atoms with E-state index in [9.17, 15) is 0 Å². The van der Waals surface area contributed by atoms with Crippen LogP contribution in [0.1, 0.15) is 41.8 Å². The Bertz CT molecular complexity index is 624. The highest BCUT2D eigenvalue weighted by Crippen LogP contribution is 2.31. The van der Waals surface area contributed by atoms with Gasteiger partial charge >= 0.3 is 0 Å². The van der Waals surface area contributed by atoms with E-state index in [4.69, 9.17) is 4.74 Å². The fourth-order valence-corrected chi connectivity index (χ4v) is 2.88. The summed E-state index contributed by atoms with van der Waals surface area (Å²) in [5, 5.41) is 3.65. The summed E-state index contributed by atoms with van der Waals surface area (Å²) >= 11 is 0. The van der Waals surface area contributed by atoms with Gasteiger partial charge in [-0.05, 0) is 48.7 Å². The minimum Gasteiger partial charge on any atom is -0.493 e. The number of rotatable bonds is 5. The molecule has 110 valence electrons. The quantitative estimate of drug-likeness (QED) is 0.912. The second-order valence-corrected chi connectivity index (χ2v) is 5.53. The van der Waals surface area contributed by atoms with E-state index in [-0.39, 0.29) is 6.04 Å². The first-order valence-electron chi connectivity index (χ1n) is 7.70. The van der Waals surface area contributed by atoms with Crippen molar-refractivity contribution in [2.24, 2.45) is 0 Å². The molecule has 2 heterocycles. The molecule has 0 amide bonds. The highest BCUT2D eigenvalue weighted by Gasteiger charge is 2.19. The third-order valence-corrected chi connectivity index (χ3v) is 4.00. The third-order valence-electron chi connectivity index (χ3n) is 4.00. The smallest absolute Gasteiger partial charge is 0.122 e. The van der Waals surface area contributed by atoms with Crippen molar-refractivity contribution in [2.75, 3.05) is 13.2 Å². The molecule has 0 saturated carbocycles. The molecule has 1 aromatic heterocycles. The standard InChI is InChI=1S/C18H22N2O/c1-3-9-20-18(16-5-4-10-19-13(16)2)15-6-7-17-14(12-15)8-11-21-17/h4-7,10,12,18,20H,3,8-9,11H2,1-2H3. The lowest BCUT2D eigenvalue weighted by atomic mass is 9.95. The fourth-order valence-electron chi connectivity index (χ4n) is 2.88. The molecule has 21 heavy (non-hydrogen) atoms. The van der Waals surface area contributed by atoms with Crippen molar-refractivity contribution in [1.82, 2.24) is 10.3 Å². The minimum absolute atomic E-state index is 0.199. The average Bonchev–Trinajstić information content (AvgIpc) is 2.97. The van der Waals surface area contributed by atoms with E-state index in [0.717, 1.165) is 37.4 Å². The van der Waals surface area contributed by atoms with Gasteiger partial charge in [-0.3, -0.25) is 4.98 Å². The van der Waals surface area contributed by atoms with Crippen molar-refractivity contribution < 1.29 is 4.74 Å². The zero-order chi connectivity index (χ0) is 14.7. The summed E-state index contributed by atoms with van der Waals surface area (Å²) in [6.45, 7) is 6.06. The molecule has 0 aliphatic carbocycles. The molecule has 1 atom stereocenters. The van der Waals surface area contributed by atoms with E-state index in [0.29, 0.717) is 0 Å². The van der Waals surface area contributed by atoms with Crippen molar-refractivity contribution in [2.45, 2.75) is 32.7 Å². The van der Waals surface area contributed by atoms with Gasteiger partial charge in [0.05, 0.1) is 12.6 Å². The molecule has 3 nitrogen and oxygen atoms in total. The van der Waals surface area contributed by atoms with Gasteiger partial charge in [-0.25, -0.2) is 0 Å². The van der Waals surface area contributed by atoms with E-state index in [2.05, 4.69) is 48.4 Å². The largest absolute Gasteiger partial charge is 0.493 e. The predicted octanol–water partition coefficient (Wildman–Crippen LogP) is 3.41. The first-order valence-corrected chi connectivity index (χ1v) is 7.70. The SMILES string of the molecule is CCCNC(c1ccc2c(c1)CCO2)c1cccnc1C. The van der Waals surface area contributed by atoms with Gasteiger partial charge in [-0.2, -0.15) is 0 Å². The number of nitrogens with one attached hydrogen (secondary N) is 1. The summed E-state index contributed by atoms with van der Waals surface area (Å²) in [5.41, 5.74) is 4.95. The van der Waals surface area contributed by atoms with Crippen LogP contribution in [0, 0.1) is 6.92 Å². The maximum atomic E-state index is 5.61. The van der Waals surface area contributed by atoms with Crippen molar-refractivity contribution in [3.8, 4) is 5.75 Å². The maximum absolute atomic E-state index is 5.61. The van der Waals surface area contributed by atoms with E-state index >= 15 is 0 Å². The molecular formula is C18H22N2O. The van der Waals surface area contributed by atoms with Crippen LogP contribution in [0.4, 0.5) is 0 Å². The van der Waals surface area contributed by atoms with Gasteiger partial charge in [-0.1, -0.05) is 25.1 Å². The van der Waals surface area contributed by atoms with Gasteiger partial charge in [0.15, 0.2) is 0 Å². The number of pyridine rings is 1. The summed E-state index contributed by atoms with van der Waals surface area (Å²) in [4.78, 5) is 4.44. The lowest BCUT2D eigenvalue weighted by Crippen LogP contribution is -2.24. The normalized spacial score (nSPS) is 14.6. The van der Waals surface area contributed by atoms with E-state index in [1.165, 1.54) is 16.7 Å². The molecule has 0 bridgehead atoms. The minimum atomic E-state index is 0.199. The molecule has 1 N–H and O–H groups in total. The van der Waals surface area contributed by atoms with Crippen molar-refractivity contribution in [3.63, 3.8) is 0 Å². The molecular weight excluding hydrogens is 260 g/mol. The van der Waals surface area contributed by atoms with Gasteiger partial charge in [0.2, 0.25) is 0 Å². The van der Waals surface area contributed by atoms with Gasteiger partial charge in [0.25, 0.3) is 0 Å². The molecule has 2 aromatic rings. The topological polar surface area (TPSA) is 34.1 Å². The van der Waals surface area contributed by atoms with E-state index in [1.54, 1.807) is 0 Å². The number of fused-ring (bicyclic) bond motifs is 1. The Balaban J connectivity index is 1.97. The zero-order valence-corrected chi connectivity index (χ0v) is 12.7. The van der Waals surface area contributed by atoms with Crippen molar-refractivity contribution in [3.05, 3.63) is 58.9 Å². The second-order valence-electron chi connectivity index (χ2n) is 5.53. The van der Waals surface area contributed by atoms with Gasteiger partial charge in [0, 0.05) is 18.3 Å². The van der Waals surface area contributed by atoms with Crippen LogP contribution >= 0.6 is 0 Å². The maximum Gasteiger partial charge on any atom is 0.122 e. The van der Waals surface area contributed by atoms with Crippen LogP contribution in [0.5, 0.6) is 5.75 Å². The summed E-state index contributed by atoms with van der Waals surface area (Å²) in [6, 6.07) is 10.9.